The first-order valence-corrected chi connectivity index (χ1v) is 7.37. The van der Waals surface area contributed by atoms with Gasteiger partial charge in [0, 0.05) is 21.4 Å². The molecule has 0 saturated carbocycles. The first-order chi connectivity index (χ1) is 10.8. The fourth-order valence-electron chi connectivity index (χ4n) is 3.70. The lowest BCUT2D eigenvalue weighted by atomic mass is 9.95. The summed E-state index contributed by atoms with van der Waals surface area (Å²) in [5.41, 5.74) is 0.0575. The molecule has 0 aliphatic rings. The first kappa shape index (κ1) is 11.7. The lowest BCUT2D eigenvalue weighted by Gasteiger charge is -2.08. The zero-order valence-electron chi connectivity index (χ0n) is 11.9. The highest BCUT2D eigenvalue weighted by atomic mass is 16.1. The van der Waals surface area contributed by atoms with Gasteiger partial charge >= 0.3 is 0 Å². The van der Waals surface area contributed by atoms with E-state index < -0.39 is 0 Å². The molecule has 5 aromatic rings. The average molecular weight is 280 g/mol. The Kier molecular flexibility index (Phi) is 2.04. The van der Waals surface area contributed by atoms with Gasteiger partial charge in [0.15, 0.2) is 5.43 Å². The Labute approximate surface area is 126 Å². The van der Waals surface area contributed by atoms with Crippen LogP contribution in [0.4, 0.5) is 0 Å². The van der Waals surface area contributed by atoms with Gasteiger partial charge in [-0.1, -0.05) is 55.1 Å². The summed E-state index contributed by atoms with van der Waals surface area (Å²) in [5.74, 6) is 0. The maximum atomic E-state index is 12.7. The predicted octanol–water partition coefficient (Wildman–Crippen LogP) is 4.23. The number of rotatable bonds is 0. The molecule has 5 aromatic carbocycles. The van der Waals surface area contributed by atoms with Gasteiger partial charge in [0.25, 0.3) is 0 Å². The van der Waals surface area contributed by atoms with Crippen molar-refractivity contribution < 1.29 is 0 Å². The summed E-state index contributed by atoms with van der Waals surface area (Å²) < 4.78 is 0. The highest BCUT2D eigenvalue weighted by molar-refractivity contribution is 6.29. The molecule has 0 amide bonds. The number of benzene rings is 4. The molecule has 0 spiro atoms. The van der Waals surface area contributed by atoms with Crippen LogP contribution in [0.5, 0.6) is 0 Å². The lowest BCUT2D eigenvalue weighted by Crippen LogP contribution is -2.16. The molecular formula is C21H12O. The molecule has 0 unspecified atom stereocenters. The smallest absolute Gasteiger partial charge is 0.193 e. The van der Waals surface area contributed by atoms with Gasteiger partial charge in [-0.25, -0.2) is 0 Å². The second kappa shape index (κ2) is 3.83. The third-order valence-electron chi connectivity index (χ3n) is 4.69. The van der Waals surface area contributed by atoms with Crippen LogP contribution in [0.25, 0.3) is 49.7 Å². The average Bonchev–Trinajstić information content (AvgIpc) is 2.81. The van der Waals surface area contributed by atoms with E-state index in [0.717, 1.165) is 37.7 Å². The van der Waals surface area contributed by atoms with Gasteiger partial charge in [0.1, 0.15) is 0 Å². The van der Waals surface area contributed by atoms with Gasteiger partial charge in [-0.15, -0.1) is 0 Å². The summed E-state index contributed by atoms with van der Waals surface area (Å²) in [4.78, 5) is 12.7. The Morgan fingerprint density at radius 1 is 0.636 bits per heavy atom. The van der Waals surface area contributed by atoms with Gasteiger partial charge in [-0.2, -0.15) is 0 Å². The molecule has 0 atom stereocenters. The molecule has 0 heterocycles. The van der Waals surface area contributed by atoms with Crippen molar-refractivity contribution in [1.82, 2.24) is 0 Å². The Bertz CT molecular complexity index is 1300. The normalized spacial score (nSPS) is 12.0. The van der Waals surface area contributed by atoms with Crippen LogP contribution in [-0.2, 0) is 0 Å². The highest BCUT2D eigenvalue weighted by Gasteiger charge is 2.15. The molecule has 5 rings (SSSR count). The molecule has 0 aromatic heterocycles. The van der Waals surface area contributed by atoms with E-state index in [0.29, 0.717) is 5.22 Å². The topological polar surface area (TPSA) is 17.1 Å². The fourth-order valence-corrected chi connectivity index (χ4v) is 3.70. The molecule has 0 saturated heterocycles. The van der Waals surface area contributed by atoms with Crippen molar-refractivity contribution in [3.05, 3.63) is 76.1 Å². The van der Waals surface area contributed by atoms with E-state index >= 15 is 0 Å². The molecule has 1 heteroatoms. The fraction of sp³-hybridized carbons (Fsp3) is 0. The molecular weight excluding hydrogens is 268 g/mol. The molecule has 0 fully saturated rings. The Morgan fingerprint density at radius 2 is 1.23 bits per heavy atom. The van der Waals surface area contributed by atoms with Crippen LogP contribution >= 0.6 is 0 Å². The van der Waals surface area contributed by atoms with E-state index in [1.54, 1.807) is 0 Å². The summed E-state index contributed by atoms with van der Waals surface area (Å²) in [6.45, 7) is 4.07. The van der Waals surface area contributed by atoms with Crippen LogP contribution in [0.15, 0.2) is 65.5 Å². The van der Waals surface area contributed by atoms with Crippen molar-refractivity contribution in [2.75, 3.05) is 0 Å². The maximum absolute atomic E-state index is 12.7. The monoisotopic (exact) mass is 280 g/mol. The SMILES string of the molecule is C=c1c(=O)c2cc3ccccc3c3cc4ccccc4c1c23. The van der Waals surface area contributed by atoms with Crippen LogP contribution in [0, 0.1) is 0 Å². The van der Waals surface area contributed by atoms with E-state index in [1.807, 2.05) is 30.3 Å². The summed E-state index contributed by atoms with van der Waals surface area (Å²) in [7, 11) is 0. The second-order valence-electron chi connectivity index (χ2n) is 5.85. The van der Waals surface area contributed by atoms with Gasteiger partial charge < -0.3 is 0 Å². The summed E-state index contributed by atoms with van der Waals surface area (Å²) in [6, 6.07) is 20.7. The zero-order valence-corrected chi connectivity index (χ0v) is 11.9. The van der Waals surface area contributed by atoms with E-state index in [4.69, 9.17) is 0 Å². The van der Waals surface area contributed by atoms with E-state index in [1.165, 1.54) is 5.39 Å². The lowest BCUT2D eigenvalue weighted by molar-refractivity contribution is 1.72. The van der Waals surface area contributed by atoms with Gasteiger partial charge in [-0.3, -0.25) is 4.79 Å². The van der Waals surface area contributed by atoms with Crippen LogP contribution in [-0.4, -0.2) is 0 Å². The highest BCUT2D eigenvalue weighted by Crippen LogP contribution is 2.35. The van der Waals surface area contributed by atoms with Crippen molar-refractivity contribution in [1.29, 1.82) is 0 Å². The minimum Gasteiger partial charge on any atom is -0.289 e. The third kappa shape index (κ3) is 1.26. The molecule has 0 aliphatic carbocycles. The predicted molar refractivity (Wildman–Crippen MR) is 94.7 cm³/mol. The third-order valence-corrected chi connectivity index (χ3v) is 4.69. The first-order valence-electron chi connectivity index (χ1n) is 7.37. The Hall–Kier alpha value is -2.93. The Morgan fingerprint density at radius 3 is 2.00 bits per heavy atom. The number of hydrogen-bond acceptors (Lipinski definition) is 1. The van der Waals surface area contributed by atoms with Crippen LogP contribution < -0.4 is 10.6 Å². The van der Waals surface area contributed by atoms with Gasteiger partial charge in [-0.05, 0) is 39.1 Å². The largest absolute Gasteiger partial charge is 0.289 e. The van der Waals surface area contributed by atoms with Crippen molar-refractivity contribution in [2.45, 2.75) is 0 Å². The quantitative estimate of drug-likeness (QED) is 0.306. The number of hydrogen-bond donors (Lipinski definition) is 0. The van der Waals surface area contributed by atoms with Crippen molar-refractivity contribution in [2.24, 2.45) is 0 Å². The van der Waals surface area contributed by atoms with Gasteiger partial charge in [0.2, 0.25) is 0 Å². The van der Waals surface area contributed by atoms with E-state index in [-0.39, 0.29) is 5.43 Å². The summed E-state index contributed by atoms with van der Waals surface area (Å²) in [5, 5.41) is 9.20. The molecule has 0 radical (unpaired) electrons. The maximum Gasteiger partial charge on any atom is 0.193 e. The zero-order chi connectivity index (χ0) is 14.8. The standard InChI is InChI=1S/C21H12O/c1-12-19-16-9-5-3-7-14(16)10-17-15-8-4-2-6-13(15)11-18(20(17)19)21(12)22/h2-11H,1H2. The van der Waals surface area contributed by atoms with Crippen LogP contribution in [0.3, 0.4) is 0 Å². The van der Waals surface area contributed by atoms with Crippen molar-refractivity contribution >= 4 is 49.7 Å². The van der Waals surface area contributed by atoms with Gasteiger partial charge in [0.05, 0.1) is 0 Å². The summed E-state index contributed by atoms with van der Waals surface area (Å²) in [6.07, 6.45) is 0. The van der Waals surface area contributed by atoms with E-state index in [2.05, 4.69) is 36.9 Å². The second-order valence-corrected chi connectivity index (χ2v) is 5.85. The minimum atomic E-state index is 0.0575. The van der Waals surface area contributed by atoms with Crippen LogP contribution in [0.2, 0.25) is 0 Å². The minimum absolute atomic E-state index is 0.0575. The number of fused-ring (bicyclic) bond motifs is 4. The molecule has 0 N–H and O–H groups in total. The molecule has 22 heavy (non-hydrogen) atoms. The molecule has 0 bridgehead atoms. The van der Waals surface area contributed by atoms with Crippen molar-refractivity contribution in [3.8, 4) is 0 Å². The molecule has 102 valence electrons. The summed E-state index contributed by atoms with van der Waals surface area (Å²) >= 11 is 0. The van der Waals surface area contributed by atoms with Crippen LogP contribution in [0.1, 0.15) is 0 Å². The molecule has 1 nitrogen and oxygen atoms in total. The van der Waals surface area contributed by atoms with E-state index in [9.17, 15) is 4.79 Å². The molecule has 0 aliphatic heterocycles. The van der Waals surface area contributed by atoms with Crippen molar-refractivity contribution in [3.63, 3.8) is 0 Å². The Balaban J connectivity index is 2.31.